The first-order valence-electron chi connectivity index (χ1n) is 5.22. The van der Waals surface area contributed by atoms with E-state index in [0.717, 1.165) is 0 Å². The lowest BCUT2D eigenvalue weighted by Gasteiger charge is -2.42. The fourth-order valence-corrected chi connectivity index (χ4v) is 8.24. The van der Waals surface area contributed by atoms with Crippen molar-refractivity contribution in [3.8, 4) is 0 Å². The van der Waals surface area contributed by atoms with E-state index in [1.807, 2.05) is 0 Å². The highest BCUT2D eigenvalue weighted by molar-refractivity contribution is 6.86. The van der Waals surface area contributed by atoms with Gasteiger partial charge >= 0.3 is 0 Å². The zero-order chi connectivity index (χ0) is 10.9. The Labute approximate surface area is 86.1 Å². The summed E-state index contributed by atoms with van der Waals surface area (Å²) in [4.78, 5) is 0. The van der Waals surface area contributed by atoms with Crippen LogP contribution in [0, 0.1) is 0 Å². The number of hydrogen-bond acceptors (Lipinski definition) is 1. The van der Waals surface area contributed by atoms with Gasteiger partial charge in [0.2, 0.25) is 0 Å². The van der Waals surface area contributed by atoms with E-state index in [1.54, 1.807) is 0 Å². The Balaban J connectivity index is 4.52. The lowest BCUT2D eigenvalue weighted by Crippen LogP contribution is -2.49. The Hall–Kier alpha value is 0.394. The normalized spacial score (nSPS) is 14.8. The second-order valence-electron chi connectivity index (χ2n) is 5.98. The minimum Gasteiger partial charge on any atom is -0.455 e. The zero-order valence-electron chi connectivity index (χ0n) is 10.6. The van der Waals surface area contributed by atoms with Gasteiger partial charge in [0.1, 0.15) is 0 Å². The maximum atomic E-state index is 6.42. The molecule has 1 nitrogen and oxygen atoms in total. The highest BCUT2D eigenvalue weighted by atomic mass is 28.4. The van der Waals surface area contributed by atoms with Crippen LogP contribution in [0.1, 0.15) is 27.7 Å². The summed E-state index contributed by atoms with van der Waals surface area (Å²) in [6.07, 6.45) is 0. The molecule has 0 unspecified atom stereocenters. The van der Waals surface area contributed by atoms with Crippen LogP contribution in [0.3, 0.4) is 0 Å². The Morgan fingerprint density at radius 3 is 1.62 bits per heavy atom. The maximum Gasteiger partial charge on any atom is 0.178 e. The molecule has 0 amide bonds. The van der Waals surface area contributed by atoms with Crippen molar-refractivity contribution >= 4 is 16.6 Å². The van der Waals surface area contributed by atoms with Gasteiger partial charge in [0.25, 0.3) is 0 Å². The van der Waals surface area contributed by atoms with Gasteiger partial charge in [-0.25, -0.2) is 0 Å². The highest BCUT2D eigenvalue weighted by Gasteiger charge is 2.41. The molecule has 0 aliphatic rings. The van der Waals surface area contributed by atoms with Gasteiger partial charge in [-0.3, -0.25) is 0 Å². The first kappa shape index (κ1) is 13.4. The number of rotatable bonds is 3. The molecule has 0 saturated heterocycles. The fraction of sp³-hybridized carbons (Fsp3) is 1.00. The summed E-state index contributed by atoms with van der Waals surface area (Å²) in [6, 6.07) is 1.22. The van der Waals surface area contributed by atoms with E-state index in [9.17, 15) is 0 Å². The van der Waals surface area contributed by atoms with Gasteiger partial charge in [0.15, 0.2) is 16.6 Å². The summed E-state index contributed by atoms with van der Waals surface area (Å²) in [5.74, 6) is 0. The third-order valence-electron chi connectivity index (χ3n) is 3.19. The molecule has 0 N–H and O–H groups in total. The van der Waals surface area contributed by atoms with E-state index in [0.29, 0.717) is 5.04 Å². The molecule has 0 fully saturated rings. The average molecular weight is 218 g/mol. The summed E-state index contributed by atoms with van der Waals surface area (Å²) in [6.45, 7) is 18.5. The van der Waals surface area contributed by atoms with Crippen molar-refractivity contribution in [2.24, 2.45) is 0 Å². The lowest BCUT2D eigenvalue weighted by atomic mass is 10.2. The van der Waals surface area contributed by atoms with Crippen LogP contribution in [-0.2, 0) is 4.12 Å². The van der Waals surface area contributed by atoms with Gasteiger partial charge < -0.3 is 4.12 Å². The Morgan fingerprint density at radius 2 is 1.38 bits per heavy atom. The molecule has 0 radical (unpaired) electrons. The second kappa shape index (κ2) is 3.87. The molecule has 0 atom stereocenters. The molecule has 13 heavy (non-hydrogen) atoms. The van der Waals surface area contributed by atoms with E-state index < -0.39 is 16.6 Å². The van der Waals surface area contributed by atoms with Gasteiger partial charge in [-0.15, -0.1) is 0 Å². The molecule has 0 heterocycles. The quantitative estimate of drug-likeness (QED) is 0.644. The fourth-order valence-electron chi connectivity index (χ4n) is 0.916. The van der Waals surface area contributed by atoms with Crippen molar-refractivity contribution in [1.82, 2.24) is 0 Å². The highest BCUT2D eigenvalue weighted by Crippen LogP contribution is 2.38. The topological polar surface area (TPSA) is 9.23 Å². The van der Waals surface area contributed by atoms with Crippen molar-refractivity contribution < 1.29 is 4.12 Å². The van der Waals surface area contributed by atoms with E-state index in [2.05, 4.69) is 53.9 Å². The summed E-state index contributed by atoms with van der Waals surface area (Å²) >= 11 is 0. The zero-order valence-corrected chi connectivity index (χ0v) is 12.6. The van der Waals surface area contributed by atoms with Gasteiger partial charge in [-0.1, -0.05) is 27.7 Å². The molecule has 0 aliphatic carbocycles. The smallest absolute Gasteiger partial charge is 0.178 e. The maximum absolute atomic E-state index is 6.42. The summed E-state index contributed by atoms with van der Waals surface area (Å²) in [7, 11) is -2.86. The third kappa shape index (κ3) is 3.96. The molecule has 0 bridgehead atoms. The Morgan fingerprint density at radius 1 is 1.00 bits per heavy atom. The van der Waals surface area contributed by atoms with Gasteiger partial charge in [-0.05, 0) is 37.3 Å². The summed E-state index contributed by atoms with van der Waals surface area (Å²) in [5.41, 5.74) is 0. The largest absolute Gasteiger partial charge is 0.455 e. The van der Waals surface area contributed by atoms with Crippen LogP contribution in [-0.4, -0.2) is 16.6 Å². The predicted octanol–water partition coefficient (Wildman–Crippen LogP) is 4.23. The standard InChI is InChI=1S/C10H26OSi2/c1-9-12(5,6)11-13(7,8)10(2,3)4/h9H2,1-8H3. The van der Waals surface area contributed by atoms with Crippen LogP contribution < -0.4 is 0 Å². The van der Waals surface area contributed by atoms with Crippen LogP contribution in [0.2, 0.25) is 37.3 Å². The molecule has 0 aromatic heterocycles. The monoisotopic (exact) mass is 218 g/mol. The van der Waals surface area contributed by atoms with Crippen molar-refractivity contribution in [2.75, 3.05) is 0 Å². The minimum absolute atomic E-state index is 0.354. The Kier molecular flexibility index (Phi) is 3.99. The summed E-state index contributed by atoms with van der Waals surface area (Å²) < 4.78 is 6.42. The molecular weight excluding hydrogens is 192 g/mol. The molecule has 0 aliphatic heterocycles. The van der Waals surface area contributed by atoms with E-state index in [1.165, 1.54) is 6.04 Å². The molecular formula is C10H26OSi2. The molecule has 0 spiro atoms. The van der Waals surface area contributed by atoms with E-state index in [-0.39, 0.29) is 0 Å². The molecule has 0 aromatic rings. The summed E-state index contributed by atoms with van der Waals surface area (Å²) in [5, 5.41) is 0.354. The molecule has 0 rings (SSSR count). The lowest BCUT2D eigenvalue weighted by molar-refractivity contribution is 0.486. The van der Waals surface area contributed by atoms with Crippen LogP contribution in [0.5, 0.6) is 0 Å². The minimum atomic E-state index is -1.50. The Bertz CT molecular complexity index is 168. The van der Waals surface area contributed by atoms with Crippen molar-refractivity contribution in [3.63, 3.8) is 0 Å². The second-order valence-corrected chi connectivity index (χ2v) is 15.5. The van der Waals surface area contributed by atoms with Gasteiger partial charge in [0, 0.05) is 0 Å². The average Bonchev–Trinajstić information content (AvgIpc) is 1.83. The molecule has 3 heteroatoms. The number of hydrogen-bond donors (Lipinski definition) is 0. The molecule has 0 saturated carbocycles. The van der Waals surface area contributed by atoms with Crippen LogP contribution in [0.15, 0.2) is 0 Å². The van der Waals surface area contributed by atoms with Crippen LogP contribution in [0.4, 0.5) is 0 Å². The van der Waals surface area contributed by atoms with E-state index >= 15 is 0 Å². The third-order valence-corrected chi connectivity index (χ3v) is 12.8. The van der Waals surface area contributed by atoms with Crippen LogP contribution in [0.25, 0.3) is 0 Å². The van der Waals surface area contributed by atoms with Crippen molar-refractivity contribution in [1.29, 1.82) is 0 Å². The first-order chi connectivity index (χ1) is 5.52. The SMILES string of the molecule is CC[Si](C)(C)O[Si](C)(C)C(C)(C)C. The van der Waals surface area contributed by atoms with Crippen molar-refractivity contribution in [2.45, 2.75) is 65.0 Å². The van der Waals surface area contributed by atoms with Crippen molar-refractivity contribution in [3.05, 3.63) is 0 Å². The first-order valence-corrected chi connectivity index (χ1v) is 11.2. The van der Waals surface area contributed by atoms with Gasteiger partial charge in [-0.2, -0.15) is 0 Å². The van der Waals surface area contributed by atoms with E-state index in [4.69, 9.17) is 4.12 Å². The van der Waals surface area contributed by atoms with Gasteiger partial charge in [0.05, 0.1) is 0 Å². The molecule has 0 aromatic carbocycles. The van der Waals surface area contributed by atoms with Crippen LogP contribution >= 0.6 is 0 Å². The predicted molar refractivity (Wildman–Crippen MR) is 66.2 cm³/mol. The molecule has 80 valence electrons.